The summed E-state index contributed by atoms with van der Waals surface area (Å²) >= 11 is 0. The third-order valence-electron chi connectivity index (χ3n) is 5.39. The monoisotopic (exact) mass is 396 g/mol. The molecule has 0 atom stereocenters. The Morgan fingerprint density at radius 1 is 1.38 bits per heavy atom. The molecule has 8 nitrogen and oxygen atoms in total. The standard InChI is InChI=1S/C20H21FN6O2/c1-23-14-7-11(21)3-4-12(14)16(22)15-9-25-18-17(26-15)13(8-24-18)19(29)27-20(10-28)5-2-6-20/h3-4,7-9,22-23,28H,2,5-6,10H2,1H3,(H,24,25)(H,27,29). The molecule has 1 fully saturated rings. The lowest BCUT2D eigenvalue weighted by Crippen LogP contribution is -2.56. The van der Waals surface area contributed by atoms with E-state index in [1.807, 2.05) is 0 Å². The summed E-state index contributed by atoms with van der Waals surface area (Å²) in [4.78, 5) is 24.4. The fourth-order valence-corrected chi connectivity index (χ4v) is 3.50. The number of carbonyl (C=O) groups is 1. The predicted octanol–water partition coefficient (Wildman–Crippen LogP) is 2.20. The smallest absolute Gasteiger partial charge is 0.255 e. The second kappa shape index (κ2) is 7.25. The summed E-state index contributed by atoms with van der Waals surface area (Å²) in [7, 11) is 1.65. The zero-order valence-corrected chi connectivity index (χ0v) is 15.8. The fourth-order valence-electron chi connectivity index (χ4n) is 3.50. The quantitative estimate of drug-likeness (QED) is 0.408. The maximum absolute atomic E-state index is 13.5. The van der Waals surface area contributed by atoms with Gasteiger partial charge in [-0.25, -0.2) is 14.4 Å². The molecular formula is C20H21FN6O2. The van der Waals surface area contributed by atoms with Gasteiger partial charge in [0.2, 0.25) is 0 Å². The molecule has 9 heteroatoms. The number of halogens is 1. The fraction of sp³-hybridized carbons (Fsp3) is 0.300. The second-order valence-electron chi connectivity index (χ2n) is 7.22. The van der Waals surface area contributed by atoms with Gasteiger partial charge in [-0.3, -0.25) is 10.2 Å². The Morgan fingerprint density at radius 2 is 2.17 bits per heavy atom. The Bertz CT molecular complexity index is 1100. The lowest BCUT2D eigenvalue weighted by molar-refractivity contribution is 0.0643. The normalized spacial score (nSPS) is 15.0. The number of H-pyrrole nitrogens is 1. The molecule has 0 radical (unpaired) electrons. The van der Waals surface area contributed by atoms with Crippen LogP contribution in [0.3, 0.4) is 0 Å². The van der Waals surface area contributed by atoms with Crippen LogP contribution in [0.1, 0.15) is 40.9 Å². The zero-order chi connectivity index (χ0) is 20.6. The van der Waals surface area contributed by atoms with Crippen molar-refractivity contribution in [3.05, 3.63) is 53.2 Å². The average Bonchev–Trinajstić information content (AvgIpc) is 3.13. The SMILES string of the molecule is CNc1cc(F)ccc1C(=N)c1cnc2[nH]cc(C(=O)NC3(CO)CCC3)c2n1. The number of aromatic nitrogens is 3. The highest BCUT2D eigenvalue weighted by molar-refractivity contribution is 6.14. The molecule has 0 unspecified atom stereocenters. The van der Waals surface area contributed by atoms with Crippen LogP contribution in [0, 0.1) is 11.2 Å². The Balaban J connectivity index is 1.68. The van der Waals surface area contributed by atoms with Gasteiger partial charge in [-0.15, -0.1) is 0 Å². The zero-order valence-electron chi connectivity index (χ0n) is 15.8. The number of aliphatic hydroxyl groups is 1. The van der Waals surface area contributed by atoms with E-state index in [2.05, 4.69) is 25.6 Å². The Labute approximate surface area is 166 Å². The van der Waals surface area contributed by atoms with E-state index in [-0.39, 0.29) is 23.9 Å². The second-order valence-corrected chi connectivity index (χ2v) is 7.22. The minimum absolute atomic E-state index is 0.0575. The summed E-state index contributed by atoms with van der Waals surface area (Å²) in [5, 5.41) is 23.9. The molecular weight excluding hydrogens is 375 g/mol. The van der Waals surface area contributed by atoms with Crippen LogP contribution in [-0.2, 0) is 0 Å². The van der Waals surface area contributed by atoms with Crippen molar-refractivity contribution in [2.75, 3.05) is 19.0 Å². The molecule has 1 aliphatic rings. The van der Waals surface area contributed by atoms with E-state index >= 15 is 0 Å². The first-order chi connectivity index (χ1) is 14.0. The van der Waals surface area contributed by atoms with Crippen molar-refractivity contribution in [2.24, 2.45) is 0 Å². The average molecular weight is 396 g/mol. The van der Waals surface area contributed by atoms with Gasteiger partial charge in [-0.1, -0.05) is 0 Å². The number of nitrogens with zero attached hydrogens (tertiary/aromatic N) is 2. The number of amides is 1. The van der Waals surface area contributed by atoms with Gasteiger partial charge in [0.25, 0.3) is 5.91 Å². The number of nitrogens with one attached hydrogen (secondary N) is 4. The highest BCUT2D eigenvalue weighted by Gasteiger charge is 2.38. The van der Waals surface area contributed by atoms with Gasteiger partial charge in [0.05, 0.1) is 29.6 Å². The van der Waals surface area contributed by atoms with Crippen LogP contribution < -0.4 is 10.6 Å². The number of anilines is 1. The van der Waals surface area contributed by atoms with E-state index in [4.69, 9.17) is 5.41 Å². The number of carbonyl (C=O) groups excluding carboxylic acids is 1. The highest BCUT2D eigenvalue weighted by Crippen LogP contribution is 2.32. The summed E-state index contributed by atoms with van der Waals surface area (Å²) in [6, 6.07) is 4.08. The predicted molar refractivity (Wildman–Crippen MR) is 107 cm³/mol. The molecule has 0 aliphatic heterocycles. The van der Waals surface area contributed by atoms with Gasteiger partial charge >= 0.3 is 0 Å². The maximum Gasteiger partial charge on any atom is 0.255 e. The Hall–Kier alpha value is -3.33. The molecule has 29 heavy (non-hydrogen) atoms. The largest absolute Gasteiger partial charge is 0.394 e. The number of aromatic amines is 1. The van der Waals surface area contributed by atoms with Gasteiger partial charge < -0.3 is 20.7 Å². The van der Waals surface area contributed by atoms with Crippen LogP contribution in [0.4, 0.5) is 10.1 Å². The highest BCUT2D eigenvalue weighted by atomic mass is 19.1. The molecule has 1 amide bonds. The van der Waals surface area contributed by atoms with E-state index in [1.54, 1.807) is 7.05 Å². The van der Waals surface area contributed by atoms with Gasteiger partial charge in [-0.2, -0.15) is 0 Å². The molecule has 2 aromatic heterocycles. The first-order valence-corrected chi connectivity index (χ1v) is 9.30. The molecule has 0 saturated heterocycles. The number of hydrogen-bond acceptors (Lipinski definition) is 6. The van der Waals surface area contributed by atoms with E-state index in [0.29, 0.717) is 28.0 Å². The van der Waals surface area contributed by atoms with Gasteiger partial charge in [0, 0.05) is 24.5 Å². The molecule has 0 spiro atoms. The molecule has 150 valence electrons. The van der Waals surface area contributed by atoms with Gasteiger partial charge in [-0.05, 0) is 37.5 Å². The molecule has 2 heterocycles. The van der Waals surface area contributed by atoms with Crippen molar-refractivity contribution in [3.63, 3.8) is 0 Å². The van der Waals surface area contributed by atoms with Gasteiger partial charge in [0.15, 0.2) is 5.65 Å². The summed E-state index contributed by atoms with van der Waals surface area (Å²) in [5.41, 5.74) is 1.73. The van der Waals surface area contributed by atoms with E-state index in [0.717, 1.165) is 19.3 Å². The third-order valence-corrected chi connectivity index (χ3v) is 5.39. The lowest BCUT2D eigenvalue weighted by atomic mass is 9.77. The summed E-state index contributed by atoms with van der Waals surface area (Å²) < 4.78 is 13.5. The number of hydrogen-bond donors (Lipinski definition) is 5. The molecule has 1 aromatic carbocycles. The first-order valence-electron chi connectivity index (χ1n) is 9.30. The minimum Gasteiger partial charge on any atom is -0.394 e. The summed E-state index contributed by atoms with van der Waals surface area (Å²) in [5.74, 6) is -0.758. The summed E-state index contributed by atoms with van der Waals surface area (Å²) in [6.07, 6.45) is 5.38. The molecule has 1 saturated carbocycles. The maximum atomic E-state index is 13.5. The van der Waals surface area contributed by atoms with Crippen LogP contribution in [-0.4, -0.2) is 50.9 Å². The lowest BCUT2D eigenvalue weighted by Gasteiger charge is -2.40. The number of fused-ring (bicyclic) bond motifs is 1. The Kier molecular flexibility index (Phi) is 4.75. The summed E-state index contributed by atoms with van der Waals surface area (Å²) in [6.45, 7) is -0.111. The first kappa shape index (κ1) is 19.0. The van der Waals surface area contributed by atoms with E-state index in [1.165, 1.54) is 30.6 Å². The molecule has 1 aliphatic carbocycles. The van der Waals surface area contributed by atoms with Crippen LogP contribution in [0.2, 0.25) is 0 Å². The van der Waals surface area contributed by atoms with E-state index < -0.39 is 11.4 Å². The molecule has 4 rings (SSSR count). The van der Waals surface area contributed by atoms with Crippen molar-refractivity contribution in [1.29, 1.82) is 5.41 Å². The molecule has 0 bridgehead atoms. The third kappa shape index (κ3) is 3.33. The minimum atomic E-state index is -0.575. The number of aliphatic hydroxyl groups excluding tert-OH is 1. The van der Waals surface area contributed by atoms with Crippen LogP contribution >= 0.6 is 0 Å². The van der Waals surface area contributed by atoms with Crippen molar-refractivity contribution < 1.29 is 14.3 Å². The van der Waals surface area contributed by atoms with Crippen molar-refractivity contribution in [3.8, 4) is 0 Å². The number of rotatable bonds is 6. The molecule has 3 aromatic rings. The van der Waals surface area contributed by atoms with Crippen LogP contribution in [0.15, 0.2) is 30.6 Å². The van der Waals surface area contributed by atoms with Gasteiger partial charge in [0.1, 0.15) is 17.0 Å². The van der Waals surface area contributed by atoms with Crippen molar-refractivity contribution in [2.45, 2.75) is 24.8 Å². The van der Waals surface area contributed by atoms with Crippen molar-refractivity contribution in [1.82, 2.24) is 20.3 Å². The van der Waals surface area contributed by atoms with Crippen molar-refractivity contribution >= 4 is 28.5 Å². The Morgan fingerprint density at radius 3 is 2.83 bits per heavy atom. The van der Waals surface area contributed by atoms with Crippen LogP contribution in [0.25, 0.3) is 11.2 Å². The topological polar surface area (TPSA) is 127 Å². The number of benzene rings is 1. The molecule has 5 N–H and O–H groups in total. The van der Waals surface area contributed by atoms with E-state index in [9.17, 15) is 14.3 Å². The van der Waals surface area contributed by atoms with Crippen LogP contribution in [0.5, 0.6) is 0 Å².